The van der Waals surface area contributed by atoms with Crippen molar-refractivity contribution in [2.75, 3.05) is 11.9 Å². The summed E-state index contributed by atoms with van der Waals surface area (Å²) in [6.07, 6.45) is 4.47. The van der Waals surface area contributed by atoms with E-state index >= 15 is 0 Å². The molecule has 3 rings (SSSR count). The molecule has 1 aromatic heterocycles. The van der Waals surface area contributed by atoms with Crippen molar-refractivity contribution in [1.29, 1.82) is 0 Å². The summed E-state index contributed by atoms with van der Waals surface area (Å²) in [6.45, 7) is 4.40. The third-order valence-corrected chi connectivity index (χ3v) is 3.72. The molecule has 0 aliphatic carbocycles. The van der Waals surface area contributed by atoms with Crippen molar-refractivity contribution >= 4 is 5.69 Å². The van der Waals surface area contributed by atoms with E-state index in [-0.39, 0.29) is 0 Å². The number of ether oxygens (including phenoxy) is 1. The van der Waals surface area contributed by atoms with Gasteiger partial charge in [-0.1, -0.05) is 25.5 Å². The van der Waals surface area contributed by atoms with Crippen LogP contribution in [0.25, 0.3) is 0 Å². The maximum Gasteiger partial charge on any atom is 0.189 e. The molecule has 1 aliphatic heterocycles. The molecule has 21 heavy (non-hydrogen) atoms. The van der Waals surface area contributed by atoms with Crippen molar-refractivity contribution in [2.24, 2.45) is 0 Å². The summed E-state index contributed by atoms with van der Waals surface area (Å²) in [6, 6.07) is 6.19. The molecule has 1 N–H and O–H groups in total. The normalized spacial score (nSPS) is 13.6. The van der Waals surface area contributed by atoms with E-state index in [1.54, 1.807) is 0 Å². The van der Waals surface area contributed by atoms with Gasteiger partial charge < -0.3 is 10.1 Å². The fraction of sp³-hybridized carbons (Fsp3) is 0.533. The van der Waals surface area contributed by atoms with E-state index in [4.69, 9.17) is 4.74 Å². The number of benzene rings is 1. The molecule has 0 radical (unpaired) electrons. The molecule has 2 heterocycles. The Morgan fingerprint density at radius 1 is 1.38 bits per heavy atom. The van der Waals surface area contributed by atoms with Crippen LogP contribution >= 0.6 is 0 Å². The second-order valence-electron chi connectivity index (χ2n) is 5.28. The second-order valence-corrected chi connectivity index (χ2v) is 5.28. The minimum atomic E-state index is 0.398. The predicted octanol–water partition coefficient (Wildman–Crippen LogP) is 2.41. The first-order chi connectivity index (χ1) is 10.4. The summed E-state index contributed by atoms with van der Waals surface area (Å²) < 4.78 is 7.77. The first kappa shape index (κ1) is 13.9. The van der Waals surface area contributed by atoms with Gasteiger partial charge >= 0.3 is 0 Å². The zero-order chi connectivity index (χ0) is 14.5. The molecule has 112 valence electrons. The van der Waals surface area contributed by atoms with Gasteiger partial charge in [0.25, 0.3) is 0 Å². The molecular weight excluding hydrogens is 266 g/mol. The summed E-state index contributed by atoms with van der Waals surface area (Å²) in [4.78, 5) is 0. The van der Waals surface area contributed by atoms with Crippen molar-refractivity contribution in [3.05, 3.63) is 29.6 Å². The van der Waals surface area contributed by atoms with E-state index in [9.17, 15) is 0 Å². The number of hydrogen-bond acceptors (Lipinski definition) is 5. The largest absolute Gasteiger partial charge is 0.483 e. The van der Waals surface area contributed by atoms with E-state index < -0.39 is 0 Å². The maximum atomic E-state index is 5.94. The smallest absolute Gasteiger partial charge is 0.189 e. The molecule has 0 bridgehead atoms. The fourth-order valence-electron chi connectivity index (χ4n) is 2.55. The Morgan fingerprint density at radius 2 is 2.33 bits per heavy atom. The lowest BCUT2D eigenvalue weighted by Gasteiger charge is -2.21. The van der Waals surface area contributed by atoms with Gasteiger partial charge in [0, 0.05) is 13.1 Å². The number of unbranched alkanes of at least 4 members (excludes halogenated alkanes) is 1. The summed E-state index contributed by atoms with van der Waals surface area (Å²) in [5.74, 6) is 1.66. The molecule has 0 spiro atoms. The van der Waals surface area contributed by atoms with Gasteiger partial charge in [-0.15, -0.1) is 5.10 Å². The number of hydrogen-bond donors (Lipinski definition) is 1. The number of nitrogens with zero attached hydrogens (tertiary/aromatic N) is 4. The molecule has 2 aromatic rings. The Balaban J connectivity index is 1.69. The maximum absolute atomic E-state index is 5.94. The number of tetrazole rings is 1. The van der Waals surface area contributed by atoms with Crippen LogP contribution in [0.15, 0.2) is 18.2 Å². The summed E-state index contributed by atoms with van der Waals surface area (Å²) in [7, 11) is 0. The number of aromatic nitrogens is 4. The highest BCUT2D eigenvalue weighted by Gasteiger charge is 2.14. The average molecular weight is 287 g/mol. The van der Waals surface area contributed by atoms with Crippen LogP contribution in [-0.2, 0) is 19.6 Å². The van der Waals surface area contributed by atoms with Crippen molar-refractivity contribution in [3.63, 3.8) is 0 Å². The first-order valence-electron chi connectivity index (χ1n) is 7.62. The Hall–Kier alpha value is -2.11. The number of anilines is 1. The minimum Gasteiger partial charge on any atom is -0.483 e. The topological polar surface area (TPSA) is 64.9 Å². The third-order valence-electron chi connectivity index (χ3n) is 3.72. The highest BCUT2D eigenvalue weighted by molar-refractivity contribution is 5.63. The number of rotatable bonds is 6. The molecule has 0 saturated heterocycles. The molecule has 1 aliphatic rings. The average Bonchev–Trinajstić information content (AvgIpc) is 2.98. The molecule has 6 heteroatoms. The van der Waals surface area contributed by atoms with Gasteiger partial charge in [-0.2, -0.15) is 0 Å². The predicted molar refractivity (Wildman–Crippen MR) is 80.3 cm³/mol. The van der Waals surface area contributed by atoms with Crippen LogP contribution in [0.3, 0.4) is 0 Å². The van der Waals surface area contributed by atoms with Crippen LogP contribution in [0.5, 0.6) is 5.75 Å². The van der Waals surface area contributed by atoms with Crippen LogP contribution in [0, 0.1) is 0 Å². The molecule has 0 atom stereocenters. The number of nitrogens with one attached hydrogen (secondary N) is 1. The number of para-hydroxylation sites is 1. The Kier molecular flexibility index (Phi) is 4.33. The molecule has 0 fully saturated rings. The zero-order valence-electron chi connectivity index (χ0n) is 12.4. The van der Waals surface area contributed by atoms with Crippen molar-refractivity contribution in [3.8, 4) is 5.75 Å². The highest BCUT2D eigenvalue weighted by Crippen LogP contribution is 2.32. The van der Waals surface area contributed by atoms with Crippen molar-refractivity contribution in [1.82, 2.24) is 20.2 Å². The molecule has 1 aromatic carbocycles. The van der Waals surface area contributed by atoms with Gasteiger partial charge in [0.15, 0.2) is 5.82 Å². The molecule has 0 unspecified atom stereocenters. The number of aryl methyl sites for hydroxylation is 2. The lowest BCUT2D eigenvalue weighted by atomic mass is 10.0. The standard InChI is InChI=1S/C15H21N5O/c1-2-3-10-20-14(17-18-19-20)11-21-13-8-4-6-12-7-5-9-16-15(12)13/h4,6,8,16H,2-3,5,7,9-11H2,1H3. The van der Waals surface area contributed by atoms with Crippen LogP contribution in [0.2, 0.25) is 0 Å². The lowest BCUT2D eigenvalue weighted by molar-refractivity contribution is 0.286. The van der Waals surface area contributed by atoms with Crippen LogP contribution < -0.4 is 10.1 Å². The van der Waals surface area contributed by atoms with Crippen molar-refractivity contribution in [2.45, 2.75) is 45.8 Å². The zero-order valence-corrected chi connectivity index (χ0v) is 12.4. The monoisotopic (exact) mass is 287 g/mol. The van der Waals surface area contributed by atoms with Gasteiger partial charge in [-0.05, 0) is 41.3 Å². The van der Waals surface area contributed by atoms with E-state index in [2.05, 4.69) is 33.8 Å². The van der Waals surface area contributed by atoms with E-state index in [1.807, 2.05) is 16.8 Å². The third kappa shape index (κ3) is 3.15. The van der Waals surface area contributed by atoms with E-state index in [0.29, 0.717) is 6.61 Å². The van der Waals surface area contributed by atoms with Gasteiger partial charge in [-0.25, -0.2) is 4.68 Å². The van der Waals surface area contributed by atoms with Gasteiger partial charge in [0.1, 0.15) is 12.4 Å². The fourth-order valence-corrected chi connectivity index (χ4v) is 2.55. The van der Waals surface area contributed by atoms with E-state index in [0.717, 1.165) is 49.6 Å². The van der Waals surface area contributed by atoms with Crippen LogP contribution in [0.4, 0.5) is 5.69 Å². The van der Waals surface area contributed by atoms with Crippen molar-refractivity contribution < 1.29 is 4.74 Å². The first-order valence-corrected chi connectivity index (χ1v) is 7.62. The Bertz CT molecular complexity index is 595. The molecule has 6 nitrogen and oxygen atoms in total. The van der Waals surface area contributed by atoms with Crippen LogP contribution in [0.1, 0.15) is 37.6 Å². The van der Waals surface area contributed by atoms with Gasteiger partial charge in [0.05, 0.1) is 5.69 Å². The minimum absolute atomic E-state index is 0.398. The highest BCUT2D eigenvalue weighted by atomic mass is 16.5. The van der Waals surface area contributed by atoms with Gasteiger partial charge in [-0.3, -0.25) is 0 Å². The summed E-state index contributed by atoms with van der Waals surface area (Å²) in [5.41, 5.74) is 2.45. The molecule has 0 saturated carbocycles. The Labute approximate surface area is 124 Å². The summed E-state index contributed by atoms with van der Waals surface area (Å²) in [5, 5.41) is 15.2. The second kappa shape index (κ2) is 6.56. The Morgan fingerprint density at radius 3 is 3.24 bits per heavy atom. The van der Waals surface area contributed by atoms with Gasteiger partial charge in [0.2, 0.25) is 0 Å². The lowest BCUT2D eigenvalue weighted by Crippen LogP contribution is -2.14. The number of fused-ring (bicyclic) bond motifs is 1. The van der Waals surface area contributed by atoms with E-state index in [1.165, 1.54) is 12.0 Å². The summed E-state index contributed by atoms with van der Waals surface area (Å²) >= 11 is 0. The molecular formula is C15H21N5O. The SMILES string of the molecule is CCCCn1nnnc1COc1cccc2c1NCCC2. The quantitative estimate of drug-likeness (QED) is 0.884. The molecule has 0 amide bonds. The van der Waals surface area contributed by atoms with Crippen LogP contribution in [-0.4, -0.2) is 26.8 Å².